The van der Waals surface area contributed by atoms with E-state index in [-0.39, 0.29) is 5.92 Å². The predicted molar refractivity (Wildman–Crippen MR) is 81.7 cm³/mol. The molecular formula is C17H31NO2. The van der Waals surface area contributed by atoms with Crippen LogP contribution in [0.3, 0.4) is 0 Å². The van der Waals surface area contributed by atoms with E-state index in [4.69, 9.17) is 0 Å². The van der Waals surface area contributed by atoms with Gasteiger partial charge in [-0.15, -0.1) is 0 Å². The largest absolute Gasteiger partial charge is 0.481 e. The number of hydrogen-bond donors (Lipinski definition) is 1. The van der Waals surface area contributed by atoms with Gasteiger partial charge in [0.2, 0.25) is 0 Å². The summed E-state index contributed by atoms with van der Waals surface area (Å²) in [6, 6.07) is 0.620. The van der Waals surface area contributed by atoms with Crippen LogP contribution in [0.5, 0.6) is 0 Å². The Balaban J connectivity index is 1.93. The van der Waals surface area contributed by atoms with E-state index in [2.05, 4.69) is 32.6 Å². The van der Waals surface area contributed by atoms with Crippen molar-refractivity contribution in [3.63, 3.8) is 0 Å². The minimum Gasteiger partial charge on any atom is -0.481 e. The number of carbonyl (C=O) groups is 1. The molecule has 20 heavy (non-hydrogen) atoms. The Morgan fingerprint density at radius 2 is 1.80 bits per heavy atom. The summed E-state index contributed by atoms with van der Waals surface area (Å²) in [4.78, 5) is 13.7. The highest BCUT2D eigenvalue weighted by Gasteiger charge is 2.38. The normalized spacial score (nSPS) is 36.8. The first-order valence-electron chi connectivity index (χ1n) is 8.26. The van der Waals surface area contributed by atoms with Crippen LogP contribution in [0.2, 0.25) is 0 Å². The molecular weight excluding hydrogens is 250 g/mol. The molecule has 1 aliphatic heterocycles. The molecule has 2 rings (SSSR count). The van der Waals surface area contributed by atoms with Gasteiger partial charge in [-0.05, 0) is 42.9 Å². The minimum atomic E-state index is -0.610. The molecule has 0 spiro atoms. The highest BCUT2D eigenvalue weighted by atomic mass is 16.4. The summed E-state index contributed by atoms with van der Waals surface area (Å²) in [6.07, 6.45) is 6.45. The van der Waals surface area contributed by atoms with Gasteiger partial charge in [0.25, 0.3) is 0 Å². The van der Waals surface area contributed by atoms with E-state index in [1.807, 2.05) is 0 Å². The standard InChI is InChI=1S/C17H31NO2/c1-12-10-18(11-15(12)16(19)20)14-7-5-6-13(8-9-14)17(2,3)4/h12-15H,5-11H2,1-4H3,(H,19,20). The maximum Gasteiger partial charge on any atom is 0.308 e. The number of aliphatic carboxylic acids is 1. The molecule has 0 bridgehead atoms. The van der Waals surface area contributed by atoms with Crippen molar-refractivity contribution < 1.29 is 9.90 Å². The first kappa shape index (κ1) is 15.8. The fourth-order valence-electron chi connectivity index (χ4n) is 4.14. The molecule has 1 aliphatic carbocycles. The van der Waals surface area contributed by atoms with E-state index in [9.17, 15) is 9.90 Å². The van der Waals surface area contributed by atoms with Crippen molar-refractivity contribution in [2.45, 2.75) is 65.8 Å². The molecule has 4 atom stereocenters. The van der Waals surface area contributed by atoms with E-state index in [0.29, 0.717) is 17.4 Å². The van der Waals surface area contributed by atoms with Gasteiger partial charge in [0.1, 0.15) is 0 Å². The van der Waals surface area contributed by atoms with Gasteiger partial charge in [-0.3, -0.25) is 9.69 Å². The maximum absolute atomic E-state index is 11.3. The maximum atomic E-state index is 11.3. The first-order valence-corrected chi connectivity index (χ1v) is 8.26. The van der Waals surface area contributed by atoms with Crippen molar-refractivity contribution >= 4 is 5.97 Å². The Hall–Kier alpha value is -0.570. The van der Waals surface area contributed by atoms with Crippen LogP contribution in [0.25, 0.3) is 0 Å². The smallest absolute Gasteiger partial charge is 0.308 e. The molecule has 1 saturated heterocycles. The summed E-state index contributed by atoms with van der Waals surface area (Å²) < 4.78 is 0. The Kier molecular flexibility index (Phi) is 4.78. The zero-order valence-corrected chi connectivity index (χ0v) is 13.6. The van der Waals surface area contributed by atoms with Gasteiger partial charge in [-0.2, -0.15) is 0 Å². The van der Waals surface area contributed by atoms with Crippen molar-refractivity contribution in [3.8, 4) is 0 Å². The number of carboxylic acids is 1. The van der Waals surface area contributed by atoms with Crippen LogP contribution in [0, 0.1) is 23.2 Å². The summed E-state index contributed by atoms with van der Waals surface area (Å²) >= 11 is 0. The second-order valence-electron chi connectivity index (χ2n) is 8.10. The van der Waals surface area contributed by atoms with E-state index in [1.165, 1.54) is 32.1 Å². The van der Waals surface area contributed by atoms with Gasteiger partial charge < -0.3 is 5.11 Å². The predicted octanol–water partition coefficient (Wildman–Crippen LogP) is 3.63. The number of likely N-dealkylation sites (tertiary alicyclic amines) is 1. The number of hydrogen-bond acceptors (Lipinski definition) is 2. The van der Waals surface area contributed by atoms with Crippen LogP contribution in [-0.4, -0.2) is 35.1 Å². The molecule has 116 valence electrons. The molecule has 2 fully saturated rings. The Morgan fingerprint density at radius 1 is 1.10 bits per heavy atom. The second kappa shape index (κ2) is 6.05. The molecule has 0 radical (unpaired) electrons. The topological polar surface area (TPSA) is 40.5 Å². The fourth-order valence-corrected chi connectivity index (χ4v) is 4.14. The molecule has 3 heteroatoms. The molecule has 4 unspecified atom stereocenters. The Bertz CT molecular complexity index is 347. The fraction of sp³-hybridized carbons (Fsp3) is 0.941. The van der Waals surface area contributed by atoms with E-state index >= 15 is 0 Å². The molecule has 3 nitrogen and oxygen atoms in total. The molecule has 1 heterocycles. The zero-order chi connectivity index (χ0) is 14.9. The second-order valence-corrected chi connectivity index (χ2v) is 8.10. The lowest BCUT2D eigenvalue weighted by Crippen LogP contribution is -2.34. The Labute approximate surface area is 123 Å². The van der Waals surface area contributed by atoms with Gasteiger partial charge >= 0.3 is 5.97 Å². The lowest BCUT2D eigenvalue weighted by molar-refractivity contribution is -0.142. The summed E-state index contributed by atoms with van der Waals surface area (Å²) in [5.41, 5.74) is 0.413. The molecule has 0 amide bonds. The van der Waals surface area contributed by atoms with Crippen molar-refractivity contribution in [3.05, 3.63) is 0 Å². The third-order valence-corrected chi connectivity index (χ3v) is 5.64. The van der Waals surface area contributed by atoms with E-state index < -0.39 is 5.97 Å². The van der Waals surface area contributed by atoms with Gasteiger partial charge in [-0.25, -0.2) is 0 Å². The zero-order valence-electron chi connectivity index (χ0n) is 13.6. The third-order valence-electron chi connectivity index (χ3n) is 5.64. The van der Waals surface area contributed by atoms with Gasteiger partial charge in [0.15, 0.2) is 0 Å². The van der Waals surface area contributed by atoms with Crippen LogP contribution >= 0.6 is 0 Å². The number of rotatable bonds is 2. The van der Waals surface area contributed by atoms with Gasteiger partial charge in [0, 0.05) is 19.1 Å². The van der Waals surface area contributed by atoms with Crippen LogP contribution in [0.1, 0.15) is 59.8 Å². The molecule has 0 aromatic heterocycles. The van der Waals surface area contributed by atoms with Crippen molar-refractivity contribution in [1.82, 2.24) is 4.90 Å². The molecule has 2 aliphatic rings. The van der Waals surface area contributed by atoms with E-state index in [0.717, 1.165) is 19.0 Å². The van der Waals surface area contributed by atoms with Gasteiger partial charge in [0.05, 0.1) is 5.92 Å². The van der Waals surface area contributed by atoms with Crippen LogP contribution in [0.4, 0.5) is 0 Å². The van der Waals surface area contributed by atoms with Crippen LogP contribution < -0.4 is 0 Å². The SMILES string of the molecule is CC1CN(C2CCCC(C(C)(C)C)CC2)CC1C(=O)O. The Morgan fingerprint density at radius 3 is 2.35 bits per heavy atom. The summed E-state index contributed by atoms with van der Waals surface area (Å²) in [5.74, 6) is 0.356. The molecule has 1 N–H and O–H groups in total. The lowest BCUT2D eigenvalue weighted by Gasteiger charge is -2.30. The molecule has 1 saturated carbocycles. The average Bonchev–Trinajstić information content (AvgIpc) is 2.58. The lowest BCUT2D eigenvalue weighted by atomic mass is 9.76. The molecule has 0 aromatic carbocycles. The summed E-state index contributed by atoms with van der Waals surface area (Å²) in [7, 11) is 0. The summed E-state index contributed by atoms with van der Waals surface area (Å²) in [6.45, 7) is 10.9. The quantitative estimate of drug-likeness (QED) is 0.786. The number of carboxylic acid groups (broad SMARTS) is 1. The van der Waals surface area contributed by atoms with E-state index in [1.54, 1.807) is 0 Å². The highest BCUT2D eigenvalue weighted by molar-refractivity contribution is 5.71. The monoisotopic (exact) mass is 281 g/mol. The minimum absolute atomic E-state index is 0.156. The highest BCUT2D eigenvalue weighted by Crippen LogP contribution is 2.39. The van der Waals surface area contributed by atoms with Crippen molar-refractivity contribution in [1.29, 1.82) is 0 Å². The number of nitrogens with zero attached hydrogens (tertiary/aromatic N) is 1. The van der Waals surface area contributed by atoms with Crippen molar-refractivity contribution in [2.75, 3.05) is 13.1 Å². The molecule has 0 aromatic rings. The first-order chi connectivity index (χ1) is 9.29. The van der Waals surface area contributed by atoms with Crippen molar-refractivity contribution in [2.24, 2.45) is 23.2 Å². The third kappa shape index (κ3) is 3.55. The van der Waals surface area contributed by atoms with Gasteiger partial charge in [-0.1, -0.05) is 34.1 Å². The van der Waals surface area contributed by atoms with Crippen LogP contribution in [-0.2, 0) is 4.79 Å². The summed E-state index contributed by atoms with van der Waals surface area (Å²) in [5, 5.41) is 9.28. The average molecular weight is 281 g/mol. The van der Waals surface area contributed by atoms with Crippen LogP contribution in [0.15, 0.2) is 0 Å².